The maximum Gasteiger partial charge on any atom is 0.240 e. The molecule has 0 bridgehead atoms. The molecule has 0 aromatic carbocycles. The van der Waals surface area contributed by atoms with E-state index in [2.05, 4.69) is 29.3 Å². The molecule has 0 saturated heterocycles. The fourth-order valence-electron chi connectivity index (χ4n) is 1.30. The summed E-state index contributed by atoms with van der Waals surface area (Å²) in [4.78, 5) is 4.32. The number of nitrogens with zero attached hydrogens (tertiary/aromatic N) is 2. The van der Waals surface area contributed by atoms with Gasteiger partial charge in [-0.25, -0.2) is 0 Å². The summed E-state index contributed by atoms with van der Waals surface area (Å²) < 4.78 is 5.15. The lowest BCUT2D eigenvalue weighted by Gasteiger charge is -2.03. The first-order chi connectivity index (χ1) is 7.75. The average molecular weight is 237 g/mol. The van der Waals surface area contributed by atoms with Crippen LogP contribution in [0.1, 0.15) is 19.7 Å². The van der Waals surface area contributed by atoms with E-state index in [0.29, 0.717) is 24.2 Å². The van der Waals surface area contributed by atoms with E-state index in [1.807, 2.05) is 16.8 Å². The van der Waals surface area contributed by atoms with Gasteiger partial charge in [-0.05, 0) is 23.9 Å². The van der Waals surface area contributed by atoms with Crippen LogP contribution in [0.25, 0.3) is 11.4 Å². The van der Waals surface area contributed by atoms with E-state index in [0.717, 1.165) is 12.1 Å². The Hall–Kier alpha value is -1.20. The lowest BCUT2D eigenvalue weighted by molar-refractivity contribution is 0.364. The summed E-state index contributed by atoms with van der Waals surface area (Å²) in [6, 6.07) is 1.99. The minimum absolute atomic E-state index is 0.624. The van der Waals surface area contributed by atoms with E-state index >= 15 is 0 Å². The molecule has 86 valence electrons. The quantitative estimate of drug-likeness (QED) is 0.868. The van der Waals surface area contributed by atoms with E-state index in [1.54, 1.807) is 11.3 Å². The number of nitrogens with one attached hydrogen (secondary N) is 1. The van der Waals surface area contributed by atoms with Crippen molar-refractivity contribution in [2.75, 3.05) is 6.54 Å². The normalized spacial score (nSPS) is 11.2. The topological polar surface area (TPSA) is 51.0 Å². The smallest absolute Gasteiger partial charge is 0.240 e. The van der Waals surface area contributed by atoms with Crippen LogP contribution in [0.15, 0.2) is 21.3 Å². The molecule has 5 heteroatoms. The molecule has 2 aromatic heterocycles. The van der Waals surface area contributed by atoms with Gasteiger partial charge in [0.05, 0.1) is 6.54 Å². The largest absolute Gasteiger partial charge is 0.338 e. The third-order valence-electron chi connectivity index (χ3n) is 2.08. The van der Waals surface area contributed by atoms with Crippen molar-refractivity contribution in [1.29, 1.82) is 0 Å². The molecule has 0 saturated carbocycles. The van der Waals surface area contributed by atoms with Crippen LogP contribution in [0, 0.1) is 5.92 Å². The van der Waals surface area contributed by atoms with Crippen molar-refractivity contribution in [3.63, 3.8) is 0 Å². The molecule has 0 unspecified atom stereocenters. The number of thiophene rings is 1. The Bertz CT molecular complexity index is 422. The van der Waals surface area contributed by atoms with Crippen LogP contribution in [0.4, 0.5) is 0 Å². The van der Waals surface area contributed by atoms with Crippen molar-refractivity contribution >= 4 is 11.3 Å². The van der Waals surface area contributed by atoms with Crippen molar-refractivity contribution < 1.29 is 4.52 Å². The molecule has 0 spiro atoms. The molecule has 2 heterocycles. The summed E-state index contributed by atoms with van der Waals surface area (Å²) in [6.45, 7) is 5.92. The van der Waals surface area contributed by atoms with Crippen LogP contribution < -0.4 is 5.32 Å². The van der Waals surface area contributed by atoms with Gasteiger partial charge in [0.2, 0.25) is 11.7 Å². The standard InChI is InChI=1S/C11H15N3OS/c1-8(2)5-12-6-10-13-11(14-15-10)9-3-4-16-7-9/h3-4,7-8,12H,5-6H2,1-2H3. The lowest BCUT2D eigenvalue weighted by Crippen LogP contribution is -2.19. The van der Waals surface area contributed by atoms with Crippen LogP contribution in [0.2, 0.25) is 0 Å². The van der Waals surface area contributed by atoms with Gasteiger partial charge in [0, 0.05) is 10.9 Å². The SMILES string of the molecule is CC(C)CNCc1nc(-c2ccsc2)no1. The first-order valence-corrected chi connectivity index (χ1v) is 6.26. The molecule has 0 amide bonds. The van der Waals surface area contributed by atoms with Crippen LogP contribution in [0.3, 0.4) is 0 Å². The second-order valence-electron chi connectivity index (χ2n) is 4.05. The van der Waals surface area contributed by atoms with Crippen molar-refractivity contribution in [3.8, 4) is 11.4 Å². The van der Waals surface area contributed by atoms with Crippen molar-refractivity contribution in [1.82, 2.24) is 15.5 Å². The fourth-order valence-corrected chi connectivity index (χ4v) is 1.94. The van der Waals surface area contributed by atoms with E-state index in [9.17, 15) is 0 Å². The second-order valence-corrected chi connectivity index (χ2v) is 4.83. The summed E-state index contributed by atoms with van der Waals surface area (Å²) in [5, 5.41) is 11.2. The molecular weight excluding hydrogens is 222 g/mol. The fraction of sp³-hybridized carbons (Fsp3) is 0.455. The molecule has 2 aromatic rings. The van der Waals surface area contributed by atoms with Gasteiger partial charge in [-0.2, -0.15) is 16.3 Å². The molecular formula is C11H15N3OS. The van der Waals surface area contributed by atoms with Gasteiger partial charge in [-0.1, -0.05) is 19.0 Å². The first-order valence-electron chi connectivity index (χ1n) is 5.31. The predicted molar refractivity (Wildman–Crippen MR) is 64.2 cm³/mol. The zero-order valence-electron chi connectivity index (χ0n) is 9.43. The van der Waals surface area contributed by atoms with Gasteiger partial charge in [-0.3, -0.25) is 0 Å². The summed E-state index contributed by atoms with van der Waals surface area (Å²) in [5.41, 5.74) is 1.02. The minimum Gasteiger partial charge on any atom is -0.338 e. The summed E-state index contributed by atoms with van der Waals surface area (Å²) in [6.07, 6.45) is 0. The Kier molecular flexibility index (Phi) is 3.69. The highest BCUT2D eigenvalue weighted by atomic mass is 32.1. The third kappa shape index (κ3) is 2.90. The predicted octanol–water partition coefficient (Wildman–Crippen LogP) is 2.54. The molecule has 16 heavy (non-hydrogen) atoms. The molecule has 0 atom stereocenters. The molecule has 0 aliphatic rings. The number of rotatable bonds is 5. The van der Waals surface area contributed by atoms with Gasteiger partial charge >= 0.3 is 0 Å². The average Bonchev–Trinajstić information content (AvgIpc) is 2.85. The van der Waals surface area contributed by atoms with Crippen LogP contribution in [-0.2, 0) is 6.54 Å². The molecule has 0 fully saturated rings. The minimum atomic E-state index is 0.624. The second kappa shape index (κ2) is 5.23. The Morgan fingerprint density at radius 1 is 1.50 bits per heavy atom. The third-order valence-corrected chi connectivity index (χ3v) is 2.76. The highest BCUT2D eigenvalue weighted by Crippen LogP contribution is 2.18. The number of hydrogen-bond donors (Lipinski definition) is 1. The van der Waals surface area contributed by atoms with Crippen molar-refractivity contribution in [3.05, 3.63) is 22.7 Å². The zero-order chi connectivity index (χ0) is 11.4. The highest BCUT2D eigenvalue weighted by Gasteiger charge is 2.08. The Labute approximate surface area is 98.7 Å². The van der Waals surface area contributed by atoms with Gasteiger partial charge < -0.3 is 9.84 Å². The Balaban J connectivity index is 1.93. The molecule has 4 nitrogen and oxygen atoms in total. The first kappa shape index (κ1) is 11.3. The molecule has 1 N–H and O–H groups in total. The van der Waals surface area contributed by atoms with E-state index in [-0.39, 0.29) is 0 Å². The van der Waals surface area contributed by atoms with Gasteiger partial charge in [0.25, 0.3) is 0 Å². The summed E-state index contributed by atoms with van der Waals surface area (Å²) in [7, 11) is 0. The van der Waals surface area contributed by atoms with Crippen molar-refractivity contribution in [2.24, 2.45) is 5.92 Å². The molecule has 0 radical (unpaired) electrons. The zero-order valence-corrected chi connectivity index (χ0v) is 10.3. The molecule has 2 rings (SSSR count). The van der Waals surface area contributed by atoms with Crippen LogP contribution >= 0.6 is 11.3 Å². The van der Waals surface area contributed by atoms with Crippen molar-refractivity contribution in [2.45, 2.75) is 20.4 Å². The van der Waals surface area contributed by atoms with E-state index < -0.39 is 0 Å². The molecule has 0 aliphatic heterocycles. The van der Waals surface area contributed by atoms with E-state index in [4.69, 9.17) is 4.52 Å². The van der Waals surface area contributed by atoms with E-state index in [1.165, 1.54) is 0 Å². The Morgan fingerprint density at radius 2 is 2.38 bits per heavy atom. The maximum atomic E-state index is 5.15. The van der Waals surface area contributed by atoms with Crippen LogP contribution in [-0.4, -0.2) is 16.7 Å². The van der Waals surface area contributed by atoms with Gasteiger partial charge in [0.1, 0.15) is 0 Å². The van der Waals surface area contributed by atoms with Gasteiger partial charge in [-0.15, -0.1) is 0 Å². The number of aromatic nitrogens is 2. The van der Waals surface area contributed by atoms with Crippen LogP contribution in [0.5, 0.6) is 0 Å². The summed E-state index contributed by atoms with van der Waals surface area (Å²) >= 11 is 1.63. The highest BCUT2D eigenvalue weighted by molar-refractivity contribution is 7.08. The Morgan fingerprint density at radius 3 is 3.06 bits per heavy atom. The molecule has 0 aliphatic carbocycles. The summed E-state index contributed by atoms with van der Waals surface area (Å²) in [5.74, 6) is 1.93. The van der Waals surface area contributed by atoms with Gasteiger partial charge in [0.15, 0.2) is 0 Å². The monoisotopic (exact) mass is 237 g/mol. The lowest BCUT2D eigenvalue weighted by atomic mass is 10.2. The maximum absolute atomic E-state index is 5.15. The number of hydrogen-bond acceptors (Lipinski definition) is 5.